The summed E-state index contributed by atoms with van der Waals surface area (Å²) in [7, 11) is 0. The van der Waals surface area contributed by atoms with Crippen molar-refractivity contribution in [3.63, 3.8) is 0 Å². The van der Waals surface area contributed by atoms with Gasteiger partial charge in [0.05, 0.1) is 46.5 Å². The predicted molar refractivity (Wildman–Crippen MR) is 156 cm³/mol. The number of para-hydroxylation sites is 1. The number of hydrogen-bond donors (Lipinski definition) is 1. The largest absolute Gasteiger partial charge is 0.465 e. The minimum absolute atomic E-state index is 0.204. The Labute approximate surface area is 240 Å². The number of esters is 1. The molecule has 2 bridgehead atoms. The Balaban J connectivity index is 1.80. The fraction of sp³-hybridized carbons (Fsp3) is 0.567. The number of benzene rings is 1. The van der Waals surface area contributed by atoms with E-state index in [0.717, 1.165) is 12.0 Å². The maximum absolute atomic E-state index is 14.7. The van der Waals surface area contributed by atoms with Crippen LogP contribution in [0.2, 0.25) is 5.02 Å². The second-order valence-electron chi connectivity index (χ2n) is 11.0. The van der Waals surface area contributed by atoms with E-state index >= 15 is 0 Å². The van der Waals surface area contributed by atoms with E-state index in [0.29, 0.717) is 36.4 Å². The van der Waals surface area contributed by atoms with E-state index in [2.05, 4.69) is 13.2 Å². The number of thioether (sulfide) groups is 1. The molecule has 3 saturated heterocycles. The van der Waals surface area contributed by atoms with Crippen molar-refractivity contribution in [1.82, 2.24) is 4.90 Å². The number of ether oxygens (including phenoxy) is 1. The maximum Gasteiger partial charge on any atom is 0.311 e. The SMILES string of the molecule is C=CCCCOC(=O)[C@H]1[C@H]2C(=O)N([C@@H](CC)CO)C(C(=O)N(CC=C)c3c(C)cccc3Cl)C23CC[C@]1(C)S3. The minimum Gasteiger partial charge on any atom is -0.465 e. The fourth-order valence-electron chi connectivity index (χ4n) is 6.83. The van der Waals surface area contributed by atoms with Crippen LogP contribution in [-0.4, -0.2) is 69.1 Å². The number of aryl methyl sites for hydroxylation is 1. The van der Waals surface area contributed by atoms with Gasteiger partial charge in [-0.3, -0.25) is 14.4 Å². The second kappa shape index (κ2) is 11.7. The number of carbonyl (C=O) groups excluding carboxylic acids is 3. The van der Waals surface area contributed by atoms with Gasteiger partial charge in [0, 0.05) is 11.3 Å². The molecule has 212 valence electrons. The van der Waals surface area contributed by atoms with Gasteiger partial charge in [0.25, 0.3) is 5.91 Å². The van der Waals surface area contributed by atoms with Crippen LogP contribution >= 0.6 is 23.4 Å². The van der Waals surface area contributed by atoms with E-state index < -0.39 is 33.4 Å². The lowest BCUT2D eigenvalue weighted by atomic mass is 9.66. The van der Waals surface area contributed by atoms with Gasteiger partial charge in [0.15, 0.2) is 0 Å². The van der Waals surface area contributed by atoms with Crippen LogP contribution in [0.3, 0.4) is 0 Å². The van der Waals surface area contributed by atoms with Gasteiger partial charge in [0.1, 0.15) is 6.04 Å². The Hall–Kier alpha value is -2.29. The van der Waals surface area contributed by atoms with Gasteiger partial charge < -0.3 is 19.6 Å². The molecule has 1 N–H and O–H groups in total. The fourth-order valence-corrected chi connectivity index (χ4v) is 9.48. The number of hydrogen-bond acceptors (Lipinski definition) is 6. The van der Waals surface area contributed by atoms with E-state index in [-0.39, 0.29) is 37.5 Å². The molecule has 0 radical (unpaired) electrons. The summed E-state index contributed by atoms with van der Waals surface area (Å²) in [5.74, 6) is -2.29. The highest BCUT2D eigenvalue weighted by Gasteiger charge is 2.78. The first-order valence-electron chi connectivity index (χ1n) is 13.7. The molecule has 2 unspecified atom stereocenters. The first kappa shape index (κ1) is 29.7. The van der Waals surface area contributed by atoms with Gasteiger partial charge in [-0.1, -0.05) is 42.8 Å². The monoisotopic (exact) mass is 574 g/mol. The third-order valence-corrected chi connectivity index (χ3v) is 10.9. The van der Waals surface area contributed by atoms with Gasteiger partial charge >= 0.3 is 5.97 Å². The molecule has 3 aliphatic rings. The Kier molecular flexibility index (Phi) is 8.89. The quantitative estimate of drug-likeness (QED) is 0.216. The van der Waals surface area contributed by atoms with Gasteiger partial charge in [-0.2, -0.15) is 0 Å². The van der Waals surface area contributed by atoms with Crippen molar-refractivity contribution >= 4 is 46.8 Å². The average Bonchev–Trinajstić information content (AvgIpc) is 3.47. The van der Waals surface area contributed by atoms with Crippen LogP contribution in [0.5, 0.6) is 0 Å². The lowest BCUT2D eigenvalue weighted by Crippen LogP contribution is -2.57. The van der Waals surface area contributed by atoms with Gasteiger partial charge in [-0.05, 0) is 57.6 Å². The van der Waals surface area contributed by atoms with E-state index in [1.807, 2.05) is 32.9 Å². The van der Waals surface area contributed by atoms with Crippen LogP contribution < -0.4 is 4.90 Å². The molecule has 3 heterocycles. The normalized spacial score (nSPS) is 29.7. The molecular formula is C30H39ClN2O5S. The lowest BCUT2D eigenvalue weighted by molar-refractivity contribution is -0.156. The number of allylic oxidation sites excluding steroid dienone is 1. The standard InChI is InChI=1S/C30H39ClN2O5S/c1-6-9-10-17-38-28(37)23-22-26(35)33(20(8-3)18-34)25(30(22)15-14-29(23,5)39-30)27(36)32(16-7-2)24-19(4)12-11-13-21(24)31/h6-7,11-13,20,22-23,25,34H,1-2,8-10,14-18H2,3-5H3/t20-,22-,23+,25?,29-,30?/m0/s1. The molecule has 7 nitrogen and oxygen atoms in total. The maximum atomic E-state index is 14.7. The number of amides is 2. The Morgan fingerprint density at radius 3 is 2.69 bits per heavy atom. The van der Waals surface area contributed by atoms with Gasteiger partial charge in [-0.15, -0.1) is 24.9 Å². The summed E-state index contributed by atoms with van der Waals surface area (Å²) < 4.78 is 4.35. The van der Waals surface area contributed by atoms with Crippen LogP contribution in [0, 0.1) is 18.8 Å². The summed E-state index contributed by atoms with van der Waals surface area (Å²) in [6.07, 6.45) is 6.59. The summed E-state index contributed by atoms with van der Waals surface area (Å²) in [5, 5.41) is 10.7. The smallest absolute Gasteiger partial charge is 0.311 e. The molecule has 4 rings (SSSR count). The number of halogens is 1. The third kappa shape index (κ3) is 4.82. The van der Waals surface area contributed by atoms with Crippen LogP contribution in [0.4, 0.5) is 5.69 Å². The summed E-state index contributed by atoms with van der Waals surface area (Å²) in [5.41, 5.74) is 1.41. The molecule has 1 spiro atoms. The van der Waals surface area contributed by atoms with E-state index in [1.54, 1.807) is 39.8 Å². The molecule has 39 heavy (non-hydrogen) atoms. The van der Waals surface area contributed by atoms with Gasteiger partial charge in [0.2, 0.25) is 5.91 Å². The third-order valence-electron chi connectivity index (χ3n) is 8.61. The first-order valence-corrected chi connectivity index (χ1v) is 14.9. The van der Waals surface area contributed by atoms with E-state index in [4.69, 9.17) is 16.3 Å². The molecular weight excluding hydrogens is 536 g/mol. The van der Waals surface area contributed by atoms with Crippen LogP contribution in [0.1, 0.15) is 51.5 Å². The van der Waals surface area contributed by atoms with Crippen molar-refractivity contribution in [2.24, 2.45) is 11.8 Å². The number of unbranched alkanes of at least 4 members (excludes halogenated alkanes) is 1. The summed E-state index contributed by atoms with van der Waals surface area (Å²) in [6, 6.07) is 4.04. The van der Waals surface area contributed by atoms with E-state index in [1.165, 1.54) is 0 Å². The molecule has 0 aromatic heterocycles. The average molecular weight is 575 g/mol. The summed E-state index contributed by atoms with van der Waals surface area (Å²) >= 11 is 8.20. The molecule has 0 aliphatic carbocycles. The highest BCUT2D eigenvalue weighted by molar-refractivity contribution is 8.02. The van der Waals surface area contributed by atoms with Crippen molar-refractivity contribution in [2.45, 2.75) is 74.5 Å². The van der Waals surface area contributed by atoms with Crippen LogP contribution in [0.15, 0.2) is 43.5 Å². The molecule has 9 heteroatoms. The first-order chi connectivity index (χ1) is 18.6. The molecule has 2 amide bonds. The zero-order chi connectivity index (χ0) is 28.5. The van der Waals surface area contributed by atoms with Crippen molar-refractivity contribution in [2.75, 3.05) is 24.7 Å². The zero-order valence-corrected chi connectivity index (χ0v) is 24.6. The van der Waals surface area contributed by atoms with Gasteiger partial charge in [-0.25, -0.2) is 0 Å². The van der Waals surface area contributed by atoms with Crippen molar-refractivity contribution in [3.05, 3.63) is 54.1 Å². The number of fused-ring (bicyclic) bond motifs is 1. The van der Waals surface area contributed by atoms with Crippen molar-refractivity contribution in [3.8, 4) is 0 Å². The topological polar surface area (TPSA) is 87.1 Å². The Morgan fingerprint density at radius 2 is 2.08 bits per heavy atom. The lowest BCUT2D eigenvalue weighted by Gasteiger charge is -2.39. The molecule has 3 aliphatic heterocycles. The second-order valence-corrected chi connectivity index (χ2v) is 13.3. The van der Waals surface area contributed by atoms with Crippen LogP contribution in [0.25, 0.3) is 0 Å². The number of aliphatic hydroxyl groups is 1. The molecule has 3 fully saturated rings. The summed E-state index contributed by atoms with van der Waals surface area (Å²) in [4.78, 5) is 45.7. The number of anilines is 1. The van der Waals surface area contributed by atoms with E-state index in [9.17, 15) is 19.5 Å². The highest BCUT2D eigenvalue weighted by atomic mass is 35.5. The number of carbonyl (C=O) groups is 3. The highest BCUT2D eigenvalue weighted by Crippen LogP contribution is 2.72. The molecule has 6 atom stereocenters. The number of aliphatic hydroxyl groups excluding tert-OH is 1. The van der Waals surface area contributed by atoms with Crippen LogP contribution in [-0.2, 0) is 19.1 Å². The minimum atomic E-state index is -0.867. The van der Waals surface area contributed by atoms with Crippen molar-refractivity contribution in [1.29, 1.82) is 0 Å². The zero-order valence-electron chi connectivity index (χ0n) is 23.0. The molecule has 1 aromatic rings. The number of likely N-dealkylation sites (tertiary alicyclic amines) is 1. The van der Waals surface area contributed by atoms with Crippen molar-refractivity contribution < 1.29 is 24.2 Å². The Morgan fingerprint density at radius 1 is 1.33 bits per heavy atom. The molecule has 1 aromatic carbocycles. The number of nitrogens with zero attached hydrogens (tertiary/aromatic N) is 2. The summed E-state index contributed by atoms with van der Waals surface area (Å²) in [6.45, 7) is 13.6. The number of rotatable bonds is 12. The Bertz CT molecular complexity index is 1140. The predicted octanol–water partition coefficient (Wildman–Crippen LogP) is 4.93. The molecule has 0 saturated carbocycles.